The van der Waals surface area contributed by atoms with Gasteiger partial charge in [-0.1, -0.05) is 19.9 Å². The van der Waals surface area contributed by atoms with Crippen LogP contribution in [0.15, 0.2) is 24.4 Å². The quantitative estimate of drug-likeness (QED) is 0.804. The smallest absolute Gasteiger partial charge is 0.270 e. The predicted molar refractivity (Wildman–Crippen MR) is 65.7 cm³/mol. The van der Waals surface area contributed by atoms with Gasteiger partial charge in [0.25, 0.3) is 5.91 Å². The van der Waals surface area contributed by atoms with E-state index in [4.69, 9.17) is 11.6 Å². The molecule has 88 valence electrons. The first-order valence-electron chi connectivity index (χ1n) is 5.47. The third-order valence-corrected chi connectivity index (χ3v) is 3.40. The standard InChI is InChI=1S/C12H17ClN2O/c1-3-12(4-2,9-13)15-11(16)10-7-5-6-8-14-10/h5-8H,3-4,9H2,1-2H3,(H,15,16). The highest BCUT2D eigenvalue weighted by Gasteiger charge is 2.27. The Balaban J connectivity index is 2.77. The highest BCUT2D eigenvalue weighted by Crippen LogP contribution is 2.17. The minimum Gasteiger partial charge on any atom is -0.344 e. The molecule has 0 spiro atoms. The van der Waals surface area contributed by atoms with Gasteiger partial charge in [0.2, 0.25) is 0 Å². The maximum atomic E-state index is 11.9. The first kappa shape index (κ1) is 13.0. The van der Waals surface area contributed by atoms with Crippen LogP contribution in [0.5, 0.6) is 0 Å². The van der Waals surface area contributed by atoms with E-state index in [0.717, 1.165) is 12.8 Å². The van der Waals surface area contributed by atoms with E-state index < -0.39 is 0 Å². The van der Waals surface area contributed by atoms with E-state index in [1.54, 1.807) is 24.4 Å². The van der Waals surface area contributed by atoms with Crippen molar-refractivity contribution in [3.8, 4) is 0 Å². The molecule has 3 nitrogen and oxygen atoms in total. The van der Waals surface area contributed by atoms with Crippen LogP contribution in [0.1, 0.15) is 37.2 Å². The Kier molecular flexibility index (Phi) is 4.74. The maximum absolute atomic E-state index is 11.9. The number of hydrogen-bond donors (Lipinski definition) is 1. The Hall–Kier alpha value is -1.09. The number of halogens is 1. The predicted octanol–water partition coefficient (Wildman–Crippen LogP) is 2.61. The van der Waals surface area contributed by atoms with Crippen LogP contribution in [0.3, 0.4) is 0 Å². The van der Waals surface area contributed by atoms with Gasteiger partial charge >= 0.3 is 0 Å². The van der Waals surface area contributed by atoms with Crippen molar-refractivity contribution >= 4 is 17.5 Å². The minimum atomic E-state index is -0.323. The molecule has 0 bridgehead atoms. The zero-order valence-corrected chi connectivity index (χ0v) is 10.4. The lowest BCUT2D eigenvalue weighted by atomic mass is 9.95. The average molecular weight is 241 g/mol. The number of alkyl halides is 1. The van der Waals surface area contributed by atoms with Gasteiger partial charge in [0.05, 0.1) is 5.54 Å². The topological polar surface area (TPSA) is 42.0 Å². The van der Waals surface area contributed by atoms with Crippen molar-refractivity contribution in [1.82, 2.24) is 10.3 Å². The zero-order valence-electron chi connectivity index (χ0n) is 9.66. The van der Waals surface area contributed by atoms with E-state index in [2.05, 4.69) is 10.3 Å². The van der Waals surface area contributed by atoms with E-state index >= 15 is 0 Å². The van der Waals surface area contributed by atoms with Crippen LogP contribution in [-0.4, -0.2) is 22.3 Å². The van der Waals surface area contributed by atoms with Gasteiger partial charge in [-0.2, -0.15) is 0 Å². The number of nitrogens with one attached hydrogen (secondary N) is 1. The van der Waals surface area contributed by atoms with Crippen molar-refractivity contribution in [3.05, 3.63) is 30.1 Å². The SMILES string of the molecule is CCC(CC)(CCl)NC(=O)c1ccccn1. The average Bonchev–Trinajstić information content (AvgIpc) is 2.37. The molecule has 1 rings (SSSR count). The van der Waals surface area contributed by atoms with Crippen LogP contribution in [-0.2, 0) is 0 Å². The fourth-order valence-electron chi connectivity index (χ4n) is 1.45. The molecular formula is C12H17ClN2O. The molecule has 0 aliphatic carbocycles. The second-order valence-electron chi connectivity index (χ2n) is 3.79. The van der Waals surface area contributed by atoms with E-state index in [-0.39, 0.29) is 11.4 Å². The van der Waals surface area contributed by atoms with Crippen molar-refractivity contribution in [2.75, 3.05) is 5.88 Å². The van der Waals surface area contributed by atoms with Gasteiger partial charge in [0.1, 0.15) is 5.69 Å². The minimum absolute atomic E-state index is 0.162. The molecule has 0 unspecified atom stereocenters. The van der Waals surface area contributed by atoms with Crippen molar-refractivity contribution in [1.29, 1.82) is 0 Å². The van der Waals surface area contributed by atoms with Crippen LogP contribution in [0.2, 0.25) is 0 Å². The summed E-state index contributed by atoms with van der Waals surface area (Å²) in [6.07, 6.45) is 3.23. The van der Waals surface area contributed by atoms with Gasteiger partial charge in [-0.3, -0.25) is 9.78 Å². The van der Waals surface area contributed by atoms with E-state index in [0.29, 0.717) is 11.6 Å². The number of carbonyl (C=O) groups is 1. The first-order valence-corrected chi connectivity index (χ1v) is 6.00. The largest absolute Gasteiger partial charge is 0.344 e. The van der Waals surface area contributed by atoms with Crippen molar-refractivity contribution < 1.29 is 4.79 Å². The lowest BCUT2D eigenvalue weighted by Crippen LogP contribution is -2.49. The van der Waals surface area contributed by atoms with Gasteiger partial charge < -0.3 is 5.32 Å². The maximum Gasteiger partial charge on any atom is 0.270 e. The van der Waals surface area contributed by atoms with Gasteiger partial charge in [0, 0.05) is 12.1 Å². The second kappa shape index (κ2) is 5.85. The molecule has 16 heavy (non-hydrogen) atoms. The number of carbonyl (C=O) groups excluding carboxylic acids is 1. The van der Waals surface area contributed by atoms with E-state index in [1.165, 1.54) is 0 Å². The normalized spacial score (nSPS) is 11.2. The molecule has 1 N–H and O–H groups in total. The monoisotopic (exact) mass is 240 g/mol. The summed E-state index contributed by atoms with van der Waals surface area (Å²) in [5, 5.41) is 2.96. The molecule has 0 radical (unpaired) electrons. The van der Waals surface area contributed by atoms with Gasteiger partial charge in [0.15, 0.2) is 0 Å². The molecule has 4 heteroatoms. The summed E-state index contributed by atoms with van der Waals surface area (Å²) < 4.78 is 0. The molecule has 1 aromatic heterocycles. The third-order valence-electron chi connectivity index (χ3n) is 2.89. The Morgan fingerprint density at radius 3 is 2.56 bits per heavy atom. The number of amides is 1. The van der Waals surface area contributed by atoms with E-state index in [9.17, 15) is 4.79 Å². The molecule has 0 atom stereocenters. The summed E-state index contributed by atoms with van der Waals surface area (Å²) in [5.41, 5.74) is 0.106. The molecule has 0 fully saturated rings. The Bertz CT molecular complexity index is 328. The molecule has 1 amide bonds. The molecule has 0 saturated carbocycles. The third kappa shape index (κ3) is 2.95. The molecule has 1 aromatic rings. The summed E-state index contributed by atoms with van der Waals surface area (Å²) in [4.78, 5) is 15.9. The Morgan fingerprint density at radius 1 is 1.44 bits per heavy atom. The summed E-state index contributed by atoms with van der Waals surface area (Å²) in [7, 11) is 0. The van der Waals surface area contributed by atoms with Gasteiger partial charge in [-0.15, -0.1) is 11.6 Å². The zero-order chi connectivity index (χ0) is 12.0. The fraction of sp³-hybridized carbons (Fsp3) is 0.500. The number of nitrogens with zero attached hydrogens (tertiary/aromatic N) is 1. The summed E-state index contributed by atoms with van der Waals surface area (Å²) in [6.45, 7) is 4.04. The lowest BCUT2D eigenvalue weighted by molar-refractivity contribution is 0.0897. The Labute approximate surface area is 101 Å². The van der Waals surface area contributed by atoms with Crippen LogP contribution < -0.4 is 5.32 Å². The van der Waals surface area contributed by atoms with Gasteiger partial charge in [-0.25, -0.2) is 0 Å². The lowest BCUT2D eigenvalue weighted by Gasteiger charge is -2.30. The summed E-state index contributed by atoms with van der Waals surface area (Å²) in [6, 6.07) is 5.27. The Morgan fingerprint density at radius 2 is 2.12 bits per heavy atom. The molecule has 1 heterocycles. The highest BCUT2D eigenvalue weighted by molar-refractivity contribution is 6.18. The van der Waals surface area contributed by atoms with Crippen LogP contribution >= 0.6 is 11.6 Å². The number of rotatable bonds is 5. The number of pyridine rings is 1. The molecule has 0 saturated heterocycles. The van der Waals surface area contributed by atoms with Crippen molar-refractivity contribution in [2.24, 2.45) is 0 Å². The van der Waals surface area contributed by atoms with E-state index in [1.807, 2.05) is 13.8 Å². The van der Waals surface area contributed by atoms with Crippen LogP contribution in [0, 0.1) is 0 Å². The van der Waals surface area contributed by atoms with Crippen LogP contribution in [0.25, 0.3) is 0 Å². The molecule has 0 aliphatic heterocycles. The molecule has 0 aliphatic rings. The summed E-state index contributed by atoms with van der Waals surface area (Å²) in [5.74, 6) is 0.253. The van der Waals surface area contributed by atoms with Gasteiger partial charge in [-0.05, 0) is 25.0 Å². The number of aromatic nitrogens is 1. The fourth-order valence-corrected chi connectivity index (χ4v) is 1.90. The second-order valence-corrected chi connectivity index (χ2v) is 4.06. The van der Waals surface area contributed by atoms with Crippen molar-refractivity contribution in [3.63, 3.8) is 0 Å². The number of hydrogen-bond acceptors (Lipinski definition) is 2. The highest BCUT2D eigenvalue weighted by atomic mass is 35.5. The van der Waals surface area contributed by atoms with Crippen LogP contribution in [0.4, 0.5) is 0 Å². The first-order chi connectivity index (χ1) is 7.67. The molecule has 0 aromatic carbocycles. The van der Waals surface area contributed by atoms with Crippen molar-refractivity contribution in [2.45, 2.75) is 32.2 Å². The molecular weight excluding hydrogens is 224 g/mol. The summed E-state index contributed by atoms with van der Waals surface area (Å²) >= 11 is 5.92.